The second kappa shape index (κ2) is 6.81. The first-order chi connectivity index (χ1) is 10.5. The van der Waals surface area contributed by atoms with Crippen LogP contribution in [-0.2, 0) is 9.53 Å². The van der Waals surface area contributed by atoms with Crippen LogP contribution in [0.1, 0.15) is 30.1 Å². The van der Waals surface area contributed by atoms with Gasteiger partial charge >= 0.3 is 5.97 Å². The molecule has 0 aliphatic carbocycles. The van der Waals surface area contributed by atoms with Gasteiger partial charge in [0.05, 0.1) is 18.1 Å². The number of rotatable bonds is 3. The topological polar surface area (TPSA) is 46.6 Å². The highest BCUT2D eigenvalue weighted by molar-refractivity contribution is 5.94. The maximum absolute atomic E-state index is 13.6. The molecule has 0 unspecified atom stereocenters. The number of ether oxygens (including phenoxy) is 1. The highest BCUT2D eigenvalue weighted by atomic mass is 19.2. The lowest BCUT2D eigenvalue weighted by atomic mass is 9.96. The Morgan fingerprint density at radius 1 is 1.18 bits per heavy atom. The zero-order valence-corrected chi connectivity index (χ0v) is 12.1. The van der Waals surface area contributed by atoms with E-state index >= 15 is 0 Å². The quantitative estimate of drug-likeness (QED) is 0.636. The Balaban J connectivity index is 2.04. The van der Waals surface area contributed by atoms with E-state index in [0.29, 0.717) is 12.8 Å². The summed E-state index contributed by atoms with van der Waals surface area (Å²) >= 11 is 0. The molecule has 0 spiro atoms. The van der Waals surface area contributed by atoms with Gasteiger partial charge in [0.15, 0.2) is 17.5 Å². The summed E-state index contributed by atoms with van der Waals surface area (Å²) in [6.45, 7) is 2.47. The summed E-state index contributed by atoms with van der Waals surface area (Å²) in [7, 11) is 0. The average molecular weight is 315 g/mol. The molecular weight excluding hydrogens is 299 g/mol. The Labute approximate surface area is 125 Å². The molecule has 0 N–H and O–H groups in total. The highest BCUT2D eigenvalue weighted by Crippen LogP contribution is 2.22. The number of amides is 1. The number of likely N-dealkylation sites (tertiary alicyclic amines) is 1. The van der Waals surface area contributed by atoms with Gasteiger partial charge < -0.3 is 9.64 Å². The number of hydrogen-bond acceptors (Lipinski definition) is 3. The first kappa shape index (κ1) is 16.3. The van der Waals surface area contributed by atoms with E-state index in [9.17, 15) is 22.8 Å². The fraction of sp³-hybridized carbons (Fsp3) is 0.467. The van der Waals surface area contributed by atoms with Gasteiger partial charge in [0.25, 0.3) is 5.91 Å². The zero-order chi connectivity index (χ0) is 16.3. The van der Waals surface area contributed by atoms with E-state index in [0.717, 1.165) is 12.1 Å². The third kappa shape index (κ3) is 3.23. The Morgan fingerprint density at radius 2 is 1.82 bits per heavy atom. The molecule has 1 fully saturated rings. The van der Waals surface area contributed by atoms with Crippen LogP contribution in [0.5, 0.6) is 0 Å². The van der Waals surface area contributed by atoms with E-state index < -0.39 is 28.9 Å². The van der Waals surface area contributed by atoms with Gasteiger partial charge in [0.1, 0.15) is 0 Å². The maximum atomic E-state index is 13.6. The minimum absolute atomic E-state index is 0.237. The largest absolute Gasteiger partial charge is 0.466 e. The van der Waals surface area contributed by atoms with Gasteiger partial charge in [-0.1, -0.05) is 0 Å². The van der Waals surface area contributed by atoms with Crippen LogP contribution in [0, 0.1) is 23.4 Å². The Bertz CT molecular complexity index is 584. The molecule has 7 heteroatoms. The molecule has 0 saturated carbocycles. The molecule has 22 heavy (non-hydrogen) atoms. The van der Waals surface area contributed by atoms with E-state index in [-0.39, 0.29) is 31.6 Å². The van der Waals surface area contributed by atoms with E-state index in [1.54, 1.807) is 6.92 Å². The number of esters is 1. The molecule has 1 aromatic rings. The van der Waals surface area contributed by atoms with Crippen LogP contribution in [0.25, 0.3) is 0 Å². The number of halogens is 3. The van der Waals surface area contributed by atoms with E-state index in [1.807, 2.05) is 0 Å². The smallest absolute Gasteiger partial charge is 0.309 e. The Hall–Kier alpha value is -2.05. The van der Waals surface area contributed by atoms with Gasteiger partial charge in [-0.2, -0.15) is 0 Å². The highest BCUT2D eigenvalue weighted by Gasteiger charge is 2.30. The lowest BCUT2D eigenvalue weighted by Gasteiger charge is -2.31. The predicted octanol–water partition coefficient (Wildman–Crippen LogP) is 2.52. The van der Waals surface area contributed by atoms with Crippen molar-refractivity contribution in [1.82, 2.24) is 4.90 Å². The molecule has 0 radical (unpaired) electrons. The van der Waals surface area contributed by atoms with Crippen molar-refractivity contribution in [1.29, 1.82) is 0 Å². The molecule has 0 bridgehead atoms. The summed E-state index contributed by atoms with van der Waals surface area (Å²) in [5, 5.41) is 0. The standard InChI is InChI=1S/C15H16F3NO3/c1-2-22-15(21)9-5-7-19(8-6-9)14(20)10-3-4-11(16)13(18)12(10)17/h3-4,9H,2,5-8H2,1H3. The summed E-state index contributed by atoms with van der Waals surface area (Å²) in [5.41, 5.74) is -0.506. The van der Waals surface area contributed by atoms with Crippen molar-refractivity contribution in [3.8, 4) is 0 Å². The van der Waals surface area contributed by atoms with Gasteiger partial charge in [-0.05, 0) is 31.9 Å². The van der Waals surface area contributed by atoms with E-state index in [4.69, 9.17) is 4.74 Å². The van der Waals surface area contributed by atoms with Crippen molar-refractivity contribution >= 4 is 11.9 Å². The fourth-order valence-electron chi connectivity index (χ4n) is 2.44. The fourth-order valence-corrected chi connectivity index (χ4v) is 2.44. The minimum Gasteiger partial charge on any atom is -0.466 e. The Kier molecular flexibility index (Phi) is 5.05. The van der Waals surface area contributed by atoms with Crippen molar-refractivity contribution in [2.75, 3.05) is 19.7 Å². The van der Waals surface area contributed by atoms with Crippen molar-refractivity contribution in [2.24, 2.45) is 5.92 Å². The van der Waals surface area contributed by atoms with Gasteiger partial charge in [-0.15, -0.1) is 0 Å². The summed E-state index contributed by atoms with van der Waals surface area (Å²) < 4.78 is 44.6. The van der Waals surface area contributed by atoms with Crippen LogP contribution in [0.15, 0.2) is 12.1 Å². The van der Waals surface area contributed by atoms with Crippen LogP contribution in [0.3, 0.4) is 0 Å². The third-order valence-corrected chi connectivity index (χ3v) is 3.67. The first-order valence-electron chi connectivity index (χ1n) is 7.05. The van der Waals surface area contributed by atoms with Gasteiger partial charge in [-0.3, -0.25) is 9.59 Å². The van der Waals surface area contributed by atoms with Crippen molar-refractivity contribution in [3.05, 3.63) is 35.1 Å². The number of nitrogens with zero attached hydrogens (tertiary/aromatic N) is 1. The third-order valence-electron chi connectivity index (χ3n) is 3.67. The molecule has 1 aliphatic heterocycles. The summed E-state index contributed by atoms with van der Waals surface area (Å²) in [4.78, 5) is 25.1. The Morgan fingerprint density at radius 3 is 2.41 bits per heavy atom. The molecule has 1 aliphatic rings. The minimum atomic E-state index is -1.66. The van der Waals surface area contributed by atoms with E-state index in [1.165, 1.54) is 4.90 Å². The molecule has 4 nitrogen and oxygen atoms in total. The van der Waals surface area contributed by atoms with Crippen LogP contribution in [0.2, 0.25) is 0 Å². The molecule has 1 aromatic carbocycles. The SMILES string of the molecule is CCOC(=O)C1CCN(C(=O)c2ccc(F)c(F)c2F)CC1. The molecule has 0 atom stereocenters. The normalized spacial score (nSPS) is 15.7. The molecule has 1 amide bonds. The maximum Gasteiger partial charge on any atom is 0.309 e. The van der Waals surface area contributed by atoms with Gasteiger partial charge in [0.2, 0.25) is 0 Å². The molecule has 0 aromatic heterocycles. The molecule has 1 heterocycles. The van der Waals surface area contributed by atoms with Crippen molar-refractivity contribution < 1.29 is 27.5 Å². The average Bonchev–Trinajstić information content (AvgIpc) is 2.52. The second-order valence-electron chi connectivity index (χ2n) is 5.04. The second-order valence-corrected chi connectivity index (χ2v) is 5.04. The van der Waals surface area contributed by atoms with Crippen molar-refractivity contribution in [3.63, 3.8) is 0 Å². The first-order valence-corrected chi connectivity index (χ1v) is 7.05. The van der Waals surface area contributed by atoms with Crippen LogP contribution >= 0.6 is 0 Å². The van der Waals surface area contributed by atoms with Crippen LogP contribution in [-0.4, -0.2) is 36.5 Å². The number of hydrogen-bond donors (Lipinski definition) is 0. The number of carbonyl (C=O) groups is 2. The predicted molar refractivity (Wildman–Crippen MR) is 71.6 cm³/mol. The molecular formula is C15H16F3NO3. The number of benzene rings is 1. The summed E-state index contributed by atoms with van der Waals surface area (Å²) in [5.74, 6) is -5.80. The zero-order valence-electron chi connectivity index (χ0n) is 12.1. The summed E-state index contributed by atoms with van der Waals surface area (Å²) in [6.07, 6.45) is 0.797. The van der Waals surface area contributed by atoms with Crippen LogP contribution in [0.4, 0.5) is 13.2 Å². The van der Waals surface area contributed by atoms with Crippen LogP contribution < -0.4 is 0 Å². The molecule has 2 rings (SSSR count). The number of carbonyl (C=O) groups excluding carboxylic acids is 2. The van der Waals surface area contributed by atoms with Gasteiger partial charge in [0, 0.05) is 13.1 Å². The van der Waals surface area contributed by atoms with Gasteiger partial charge in [-0.25, -0.2) is 13.2 Å². The lowest BCUT2D eigenvalue weighted by Crippen LogP contribution is -2.41. The monoisotopic (exact) mass is 315 g/mol. The molecule has 1 saturated heterocycles. The molecule has 120 valence electrons. The summed E-state index contributed by atoms with van der Waals surface area (Å²) in [6, 6.07) is 1.64. The number of piperidine rings is 1. The van der Waals surface area contributed by atoms with E-state index in [2.05, 4.69) is 0 Å². The lowest BCUT2D eigenvalue weighted by molar-refractivity contribution is -0.149. The van der Waals surface area contributed by atoms with Crippen molar-refractivity contribution in [2.45, 2.75) is 19.8 Å².